The van der Waals surface area contributed by atoms with Crippen molar-refractivity contribution in [3.05, 3.63) is 64.7 Å². The van der Waals surface area contributed by atoms with E-state index in [0.29, 0.717) is 10.8 Å². The highest BCUT2D eigenvalue weighted by Gasteiger charge is 2.10. The highest BCUT2D eigenvalue weighted by molar-refractivity contribution is 6.30. The number of nitrogens with one attached hydrogen (secondary N) is 1. The summed E-state index contributed by atoms with van der Waals surface area (Å²) in [6, 6.07) is 14.1. The van der Waals surface area contributed by atoms with Crippen molar-refractivity contribution < 1.29 is 19.1 Å². The molecule has 0 saturated carbocycles. The van der Waals surface area contributed by atoms with Crippen LogP contribution in [0.1, 0.15) is 24.1 Å². The minimum absolute atomic E-state index is 0.0890. The molecule has 0 unspecified atom stereocenters. The molecule has 0 heterocycles. The first-order valence-corrected chi connectivity index (χ1v) is 8.19. The predicted molar refractivity (Wildman–Crippen MR) is 95.7 cm³/mol. The average Bonchev–Trinajstić information content (AvgIpc) is 2.61. The fraction of sp³-hybridized carbons (Fsp3) is 0.263. The van der Waals surface area contributed by atoms with Crippen LogP contribution >= 0.6 is 11.6 Å². The number of hydrogen-bond donors (Lipinski definition) is 1. The molecule has 25 heavy (non-hydrogen) atoms. The van der Waals surface area contributed by atoms with E-state index in [4.69, 9.17) is 16.3 Å². The standard InChI is InChI=1S/C19H20ClNO4/c1-13(15-5-7-16(20)8-6-15)21-18(22)12-25-17-9-3-14(4-10-17)11-19(23)24-2/h3-10,13H,11-12H2,1-2H3,(H,21,22)/t13-/m0/s1. The van der Waals surface area contributed by atoms with Crippen molar-refractivity contribution in [2.45, 2.75) is 19.4 Å². The van der Waals surface area contributed by atoms with E-state index in [-0.39, 0.29) is 30.9 Å². The Balaban J connectivity index is 1.81. The van der Waals surface area contributed by atoms with Gasteiger partial charge >= 0.3 is 5.97 Å². The van der Waals surface area contributed by atoms with Gasteiger partial charge in [-0.1, -0.05) is 35.9 Å². The summed E-state index contributed by atoms with van der Waals surface area (Å²) in [5, 5.41) is 3.52. The summed E-state index contributed by atoms with van der Waals surface area (Å²) in [4.78, 5) is 23.2. The van der Waals surface area contributed by atoms with Crippen LogP contribution in [0.4, 0.5) is 0 Å². The molecule has 1 N–H and O–H groups in total. The Morgan fingerprint density at radius 1 is 1.08 bits per heavy atom. The van der Waals surface area contributed by atoms with Crippen LogP contribution in [0.15, 0.2) is 48.5 Å². The molecule has 0 bridgehead atoms. The van der Waals surface area contributed by atoms with Gasteiger partial charge in [0.05, 0.1) is 19.6 Å². The number of carbonyl (C=O) groups is 2. The van der Waals surface area contributed by atoms with Gasteiger partial charge in [-0.3, -0.25) is 9.59 Å². The molecule has 0 fully saturated rings. The molecule has 0 radical (unpaired) electrons. The fourth-order valence-electron chi connectivity index (χ4n) is 2.21. The van der Waals surface area contributed by atoms with Gasteiger partial charge in [0.1, 0.15) is 5.75 Å². The SMILES string of the molecule is COC(=O)Cc1ccc(OCC(=O)N[C@@H](C)c2ccc(Cl)cc2)cc1. The Morgan fingerprint density at radius 2 is 1.72 bits per heavy atom. The molecule has 0 aromatic heterocycles. The predicted octanol–water partition coefficient (Wildman–Crippen LogP) is 3.31. The molecule has 2 aromatic rings. The molecule has 0 spiro atoms. The lowest BCUT2D eigenvalue weighted by molar-refractivity contribution is -0.139. The number of carbonyl (C=O) groups excluding carboxylic acids is 2. The molecular weight excluding hydrogens is 342 g/mol. The van der Waals surface area contributed by atoms with E-state index in [2.05, 4.69) is 10.1 Å². The van der Waals surface area contributed by atoms with E-state index < -0.39 is 0 Å². The van der Waals surface area contributed by atoms with Gasteiger partial charge in [0.15, 0.2) is 6.61 Å². The van der Waals surface area contributed by atoms with Crippen molar-refractivity contribution in [1.29, 1.82) is 0 Å². The molecular formula is C19H20ClNO4. The normalized spacial score (nSPS) is 11.5. The van der Waals surface area contributed by atoms with Gasteiger partial charge in [-0.25, -0.2) is 0 Å². The van der Waals surface area contributed by atoms with Crippen molar-refractivity contribution >= 4 is 23.5 Å². The smallest absolute Gasteiger partial charge is 0.309 e. The first-order valence-electron chi connectivity index (χ1n) is 7.81. The number of hydrogen-bond acceptors (Lipinski definition) is 4. The maximum atomic E-state index is 12.0. The van der Waals surface area contributed by atoms with Gasteiger partial charge in [-0.15, -0.1) is 0 Å². The molecule has 2 aromatic carbocycles. The Kier molecular flexibility index (Phi) is 6.83. The average molecular weight is 362 g/mol. The van der Waals surface area contributed by atoms with E-state index >= 15 is 0 Å². The van der Waals surface area contributed by atoms with E-state index in [1.54, 1.807) is 36.4 Å². The van der Waals surface area contributed by atoms with E-state index in [9.17, 15) is 9.59 Å². The quantitative estimate of drug-likeness (QED) is 0.768. The molecule has 5 nitrogen and oxygen atoms in total. The number of benzene rings is 2. The largest absolute Gasteiger partial charge is 0.484 e. The number of amides is 1. The lowest BCUT2D eigenvalue weighted by atomic mass is 10.1. The van der Waals surface area contributed by atoms with Crippen LogP contribution in [-0.2, 0) is 20.7 Å². The van der Waals surface area contributed by atoms with Crippen LogP contribution in [0, 0.1) is 0 Å². The maximum Gasteiger partial charge on any atom is 0.309 e. The minimum atomic E-state index is -0.302. The van der Waals surface area contributed by atoms with Crippen LogP contribution in [-0.4, -0.2) is 25.6 Å². The minimum Gasteiger partial charge on any atom is -0.484 e. The molecule has 6 heteroatoms. The Morgan fingerprint density at radius 3 is 2.32 bits per heavy atom. The topological polar surface area (TPSA) is 64.6 Å². The van der Waals surface area contributed by atoms with E-state index in [0.717, 1.165) is 11.1 Å². The molecule has 0 aliphatic carbocycles. The van der Waals surface area contributed by atoms with Gasteiger partial charge in [0, 0.05) is 5.02 Å². The van der Waals surface area contributed by atoms with Crippen molar-refractivity contribution in [2.24, 2.45) is 0 Å². The number of halogens is 1. The third-order valence-corrected chi connectivity index (χ3v) is 3.87. The van der Waals surface area contributed by atoms with Crippen LogP contribution in [0.2, 0.25) is 5.02 Å². The van der Waals surface area contributed by atoms with Crippen molar-refractivity contribution in [1.82, 2.24) is 5.32 Å². The molecule has 132 valence electrons. The molecule has 1 amide bonds. The Labute approximate surface area is 151 Å². The summed E-state index contributed by atoms with van der Waals surface area (Å²) in [5.41, 5.74) is 1.78. The summed E-state index contributed by atoms with van der Waals surface area (Å²) in [6.45, 7) is 1.80. The van der Waals surface area contributed by atoms with Gasteiger partial charge in [0.2, 0.25) is 0 Å². The van der Waals surface area contributed by atoms with E-state index in [1.165, 1.54) is 7.11 Å². The molecule has 0 aliphatic heterocycles. The zero-order valence-corrected chi connectivity index (χ0v) is 14.9. The Bertz CT molecular complexity index is 713. The number of ether oxygens (including phenoxy) is 2. The van der Waals surface area contributed by atoms with Crippen molar-refractivity contribution in [3.8, 4) is 5.75 Å². The summed E-state index contributed by atoms with van der Waals surface area (Å²) in [6.07, 6.45) is 0.204. The van der Waals surface area contributed by atoms with Crippen molar-refractivity contribution in [2.75, 3.05) is 13.7 Å². The third kappa shape index (κ3) is 6.12. The molecule has 0 saturated heterocycles. The zero-order chi connectivity index (χ0) is 18.2. The number of methoxy groups -OCH3 is 1. The Hall–Kier alpha value is -2.53. The molecule has 0 aliphatic rings. The summed E-state index contributed by atoms with van der Waals surface area (Å²) < 4.78 is 10.1. The summed E-state index contributed by atoms with van der Waals surface area (Å²) in [7, 11) is 1.35. The second-order valence-electron chi connectivity index (χ2n) is 5.53. The maximum absolute atomic E-state index is 12.0. The number of rotatable bonds is 7. The fourth-order valence-corrected chi connectivity index (χ4v) is 2.34. The molecule has 1 atom stereocenters. The number of esters is 1. The highest BCUT2D eigenvalue weighted by Crippen LogP contribution is 2.16. The lowest BCUT2D eigenvalue weighted by Crippen LogP contribution is -2.31. The van der Waals surface area contributed by atoms with Gasteiger partial charge < -0.3 is 14.8 Å². The van der Waals surface area contributed by atoms with Crippen LogP contribution in [0.3, 0.4) is 0 Å². The van der Waals surface area contributed by atoms with Gasteiger partial charge in [0.25, 0.3) is 5.91 Å². The summed E-state index contributed by atoms with van der Waals surface area (Å²) >= 11 is 5.85. The van der Waals surface area contributed by atoms with Crippen LogP contribution in [0.5, 0.6) is 5.75 Å². The second-order valence-corrected chi connectivity index (χ2v) is 5.96. The second kappa shape index (κ2) is 9.08. The monoisotopic (exact) mass is 361 g/mol. The zero-order valence-electron chi connectivity index (χ0n) is 14.1. The first-order chi connectivity index (χ1) is 12.0. The van der Waals surface area contributed by atoms with Crippen molar-refractivity contribution in [3.63, 3.8) is 0 Å². The first kappa shape index (κ1) is 18.8. The third-order valence-electron chi connectivity index (χ3n) is 3.62. The molecule has 2 rings (SSSR count). The van der Waals surface area contributed by atoms with E-state index in [1.807, 2.05) is 19.1 Å². The summed E-state index contributed by atoms with van der Waals surface area (Å²) in [5.74, 6) is 0.0354. The van der Waals surface area contributed by atoms with Crippen LogP contribution in [0.25, 0.3) is 0 Å². The lowest BCUT2D eigenvalue weighted by Gasteiger charge is -2.15. The van der Waals surface area contributed by atoms with Crippen LogP contribution < -0.4 is 10.1 Å². The highest BCUT2D eigenvalue weighted by atomic mass is 35.5. The van der Waals surface area contributed by atoms with Gasteiger partial charge in [-0.2, -0.15) is 0 Å². The van der Waals surface area contributed by atoms with Gasteiger partial charge in [-0.05, 0) is 42.3 Å².